The van der Waals surface area contributed by atoms with Crippen molar-refractivity contribution in [2.45, 2.75) is 12.8 Å². The van der Waals surface area contributed by atoms with Gasteiger partial charge in [-0.3, -0.25) is 0 Å². The van der Waals surface area contributed by atoms with Crippen LogP contribution in [-0.2, 0) is 19.6 Å². The van der Waals surface area contributed by atoms with Crippen LogP contribution in [0.3, 0.4) is 0 Å². The van der Waals surface area contributed by atoms with E-state index in [0.717, 1.165) is 0 Å². The molecule has 0 saturated heterocycles. The van der Waals surface area contributed by atoms with Crippen LogP contribution in [0, 0.1) is 0 Å². The summed E-state index contributed by atoms with van der Waals surface area (Å²) in [6, 6.07) is 0. The average molecular weight is 204 g/mol. The van der Waals surface area contributed by atoms with E-state index in [1.54, 1.807) is 6.08 Å². The molecule has 0 rings (SSSR count). The summed E-state index contributed by atoms with van der Waals surface area (Å²) in [4.78, 5) is 4.05. The zero-order chi connectivity index (χ0) is 8.74. The molecule has 0 spiro atoms. The maximum atomic E-state index is 9.74. The summed E-state index contributed by atoms with van der Waals surface area (Å²) in [5.41, 5.74) is 0. The SMILES string of the molecule is C=CCCCOOS(=O)(=O)[O-].[Na+]. The summed E-state index contributed by atoms with van der Waals surface area (Å²) in [5.74, 6) is 0. The average Bonchev–Trinajstić information content (AvgIpc) is 1.85. The predicted molar refractivity (Wildman–Crippen MR) is 36.2 cm³/mol. The molecule has 0 N–H and O–H groups in total. The van der Waals surface area contributed by atoms with Crippen molar-refractivity contribution in [3.05, 3.63) is 12.7 Å². The molecule has 0 aliphatic carbocycles. The predicted octanol–water partition coefficient (Wildman–Crippen LogP) is -2.63. The smallest absolute Gasteiger partial charge is 0.724 e. The molecule has 66 valence electrons. The molecule has 0 aromatic heterocycles. The van der Waals surface area contributed by atoms with Gasteiger partial charge in [0.15, 0.2) is 0 Å². The van der Waals surface area contributed by atoms with Gasteiger partial charge in [0.05, 0.1) is 6.61 Å². The van der Waals surface area contributed by atoms with Gasteiger partial charge in [-0.05, 0) is 12.8 Å². The first-order chi connectivity index (χ1) is 5.06. The first kappa shape index (κ1) is 15.1. The van der Waals surface area contributed by atoms with Gasteiger partial charge < -0.3 is 4.55 Å². The molecule has 0 aromatic rings. The summed E-state index contributed by atoms with van der Waals surface area (Å²) in [5, 5.41) is 0. The molecule has 0 fully saturated rings. The fourth-order valence-corrected chi connectivity index (χ4v) is 0.565. The topological polar surface area (TPSA) is 75.7 Å². The van der Waals surface area contributed by atoms with Crippen LogP contribution in [-0.4, -0.2) is 19.6 Å². The summed E-state index contributed by atoms with van der Waals surface area (Å²) < 4.78 is 32.7. The third kappa shape index (κ3) is 13.2. The van der Waals surface area contributed by atoms with Crippen molar-refractivity contribution in [2.75, 3.05) is 6.61 Å². The van der Waals surface area contributed by atoms with E-state index in [9.17, 15) is 13.0 Å². The molecule has 0 bridgehead atoms. The molecule has 0 heterocycles. The van der Waals surface area contributed by atoms with E-state index in [1.165, 1.54) is 0 Å². The normalized spacial score (nSPS) is 10.4. The van der Waals surface area contributed by atoms with Gasteiger partial charge in [0.1, 0.15) is 0 Å². The van der Waals surface area contributed by atoms with Gasteiger partial charge in [-0.25, -0.2) is 13.3 Å². The monoisotopic (exact) mass is 204 g/mol. The molecule has 0 aliphatic heterocycles. The van der Waals surface area contributed by atoms with E-state index in [4.69, 9.17) is 0 Å². The second-order valence-electron chi connectivity index (χ2n) is 1.73. The van der Waals surface area contributed by atoms with Gasteiger partial charge in [-0.2, -0.15) is 0 Å². The Kier molecular flexibility index (Phi) is 10.3. The van der Waals surface area contributed by atoms with Gasteiger partial charge in [0.2, 0.25) is 10.4 Å². The van der Waals surface area contributed by atoms with Gasteiger partial charge in [0.25, 0.3) is 0 Å². The Labute approximate surface area is 93.9 Å². The van der Waals surface area contributed by atoms with Crippen molar-refractivity contribution in [2.24, 2.45) is 0 Å². The number of hydrogen-bond acceptors (Lipinski definition) is 5. The molecule has 12 heavy (non-hydrogen) atoms. The van der Waals surface area contributed by atoms with Crippen molar-refractivity contribution >= 4 is 10.4 Å². The molecule has 5 nitrogen and oxygen atoms in total. The van der Waals surface area contributed by atoms with Crippen LogP contribution in [0.4, 0.5) is 0 Å². The summed E-state index contributed by atoms with van der Waals surface area (Å²) >= 11 is 0. The molecule has 0 saturated carbocycles. The molecular weight excluding hydrogens is 195 g/mol. The molecule has 0 aromatic carbocycles. The van der Waals surface area contributed by atoms with Crippen LogP contribution in [0.15, 0.2) is 12.7 Å². The minimum Gasteiger partial charge on any atom is -0.724 e. The zero-order valence-corrected chi connectivity index (χ0v) is 9.67. The van der Waals surface area contributed by atoms with E-state index in [0.29, 0.717) is 12.8 Å². The Morgan fingerprint density at radius 2 is 2.08 bits per heavy atom. The molecule has 0 aliphatic rings. The first-order valence-electron chi connectivity index (χ1n) is 2.94. The van der Waals surface area contributed by atoms with E-state index in [-0.39, 0.29) is 36.2 Å². The number of allylic oxidation sites excluding steroid dienone is 1. The van der Waals surface area contributed by atoms with Crippen molar-refractivity contribution in [1.82, 2.24) is 0 Å². The second-order valence-corrected chi connectivity index (χ2v) is 2.68. The molecule has 0 unspecified atom stereocenters. The molecule has 0 radical (unpaired) electrons. The van der Waals surface area contributed by atoms with E-state index < -0.39 is 10.4 Å². The maximum Gasteiger partial charge on any atom is 1.00 e. The van der Waals surface area contributed by atoms with Gasteiger partial charge in [-0.1, -0.05) is 6.08 Å². The van der Waals surface area contributed by atoms with Crippen LogP contribution < -0.4 is 29.6 Å². The third-order valence-corrected chi connectivity index (χ3v) is 1.03. The molecule has 0 amide bonds. The number of hydrogen-bond donors (Lipinski definition) is 0. The van der Waals surface area contributed by atoms with E-state index >= 15 is 0 Å². The van der Waals surface area contributed by atoms with E-state index in [1.807, 2.05) is 0 Å². The van der Waals surface area contributed by atoms with Crippen molar-refractivity contribution in [3.63, 3.8) is 0 Å². The summed E-state index contributed by atoms with van der Waals surface area (Å²) in [6.07, 6.45) is 2.90. The number of rotatable bonds is 6. The maximum absolute atomic E-state index is 9.74. The Morgan fingerprint density at radius 1 is 1.50 bits per heavy atom. The molecular formula is C5H9NaO5S. The Morgan fingerprint density at radius 3 is 2.50 bits per heavy atom. The fourth-order valence-electron chi connectivity index (χ4n) is 0.380. The molecule has 7 heteroatoms. The van der Waals surface area contributed by atoms with Crippen LogP contribution in [0.25, 0.3) is 0 Å². The van der Waals surface area contributed by atoms with Gasteiger partial charge >= 0.3 is 29.6 Å². The van der Waals surface area contributed by atoms with Crippen molar-refractivity contribution in [1.29, 1.82) is 0 Å². The zero-order valence-electron chi connectivity index (χ0n) is 6.86. The second kappa shape index (κ2) is 8.18. The minimum absolute atomic E-state index is 0. The van der Waals surface area contributed by atoms with Crippen LogP contribution in [0.2, 0.25) is 0 Å². The minimum atomic E-state index is -4.71. The summed E-state index contributed by atoms with van der Waals surface area (Å²) in [6.45, 7) is 3.49. The van der Waals surface area contributed by atoms with Crippen LogP contribution in [0.5, 0.6) is 0 Å². The Bertz CT molecular complexity index is 200. The quantitative estimate of drug-likeness (QED) is 0.0899. The van der Waals surface area contributed by atoms with Crippen molar-refractivity contribution < 1.29 is 51.7 Å². The molecule has 0 atom stereocenters. The summed E-state index contributed by atoms with van der Waals surface area (Å²) in [7, 11) is -4.71. The Balaban J connectivity index is 0. The van der Waals surface area contributed by atoms with Gasteiger partial charge in [-0.15, -0.1) is 10.9 Å². The fraction of sp³-hybridized carbons (Fsp3) is 0.600. The van der Waals surface area contributed by atoms with Gasteiger partial charge in [0, 0.05) is 0 Å². The number of unbranched alkanes of at least 4 members (excludes halogenated alkanes) is 1. The largest absolute Gasteiger partial charge is 1.00 e. The van der Waals surface area contributed by atoms with Crippen LogP contribution in [0.1, 0.15) is 12.8 Å². The Hall–Kier alpha value is 0.570. The van der Waals surface area contributed by atoms with Crippen molar-refractivity contribution in [3.8, 4) is 0 Å². The first-order valence-corrected chi connectivity index (χ1v) is 4.27. The van der Waals surface area contributed by atoms with Crippen LogP contribution >= 0.6 is 0 Å². The standard InChI is InChI=1S/C5H10O5S.Na/c1-2-3-4-5-9-10-11(6,7)8;/h2H,1,3-5H2,(H,6,7,8);/q;+1/p-1. The van der Waals surface area contributed by atoms with E-state index in [2.05, 4.69) is 15.8 Å². The third-order valence-electron chi connectivity index (χ3n) is 0.767.